The van der Waals surface area contributed by atoms with Gasteiger partial charge in [0.1, 0.15) is 5.65 Å². The summed E-state index contributed by atoms with van der Waals surface area (Å²) in [5.74, 6) is 2.48. The van der Waals surface area contributed by atoms with Crippen LogP contribution in [0.25, 0.3) is 5.65 Å². The Morgan fingerprint density at radius 1 is 1.29 bits per heavy atom. The molecule has 5 nitrogen and oxygen atoms in total. The quantitative estimate of drug-likeness (QED) is 0.453. The van der Waals surface area contributed by atoms with Gasteiger partial charge in [0.25, 0.3) is 0 Å². The number of aliphatic imine (C=N–C) groups is 1. The largest absolute Gasteiger partial charge is 0.356 e. The average Bonchev–Trinajstić information content (AvgIpc) is 2.93. The van der Waals surface area contributed by atoms with Gasteiger partial charge >= 0.3 is 0 Å². The molecule has 2 unspecified atom stereocenters. The van der Waals surface area contributed by atoms with Crippen LogP contribution in [0.1, 0.15) is 26.0 Å². The maximum absolute atomic E-state index is 4.64. The summed E-state index contributed by atoms with van der Waals surface area (Å²) in [4.78, 5) is 11.5. The van der Waals surface area contributed by atoms with Gasteiger partial charge < -0.3 is 14.6 Å². The Hall–Kier alpha value is -1.31. The van der Waals surface area contributed by atoms with Gasteiger partial charge in [-0.2, -0.15) is 0 Å². The number of likely N-dealkylation sites (tertiary alicyclic amines) is 1. The summed E-state index contributed by atoms with van der Waals surface area (Å²) in [5, 5.41) is 3.50. The predicted molar refractivity (Wildman–Crippen MR) is 110 cm³/mol. The van der Waals surface area contributed by atoms with Gasteiger partial charge in [0.05, 0.1) is 5.69 Å². The van der Waals surface area contributed by atoms with Crippen LogP contribution in [0.3, 0.4) is 0 Å². The lowest BCUT2D eigenvalue weighted by Crippen LogP contribution is -2.48. The zero-order chi connectivity index (χ0) is 16.2. The molecule has 0 saturated carbocycles. The lowest BCUT2D eigenvalue weighted by atomic mass is 9.92. The Morgan fingerprint density at radius 3 is 2.71 bits per heavy atom. The molecule has 0 aromatic carbocycles. The highest BCUT2D eigenvalue weighted by atomic mass is 127. The van der Waals surface area contributed by atoms with E-state index in [-0.39, 0.29) is 24.0 Å². The number of nitrogens with zero attached hydrogens (tertiary/aromatic N) is 4. The Kier molecular flexibility index (Phi) is 6.89. The molecule has 1 aliphatic heterocycles. The molecule has 1 N–H and O–H groups in total. The van der Waals surface area contributed by atoms with E-state index in [0.29, 0.717) is 0 Å². The third kappa shape index (κ3) is 4.62. The van der Waals surface area contributed by atoms with Gasteiger partial charge in [0.15, 0.2) is 5.96 Å². The summed E-state index contributed by atoms with van der Waals surface area (Å²) in [6.45, 7) is 7.70. The summed E-state index contributed by atoms with van der Waals surface area (Å²) in [6, 6.07) is 6.08. The van der Waals surface area contributed by atoms with Crippen molar-refractivity contribution in [2.75, 3.05) is 26.7 Å². The normalized spacial score (nSPS) is 21.6. The second-order valence-electron chi connectivity index (χ2n) is 6.77. The number of imidazole rings is 1. The van der Waals surface area contributed by atoms with Crippen molar-refractivity contribution in [1.82, 2.24) is 19.6 Å². The fourth-order valence-electron chi connectivity index (χ4n) is 3.58. The maximum Gasteiger partial charge on any atom is 0.193 e. The van der Waals surface area contributed by atoms with E-state index in [1.165, 1.54) is 6.42 Å². The summed E-state index contributed by atoms with van der Waals surface area (Å²) in [7, 11) is 1.87. The van der Waals surface area contributed by atoms with E-state index >= 15 is 0 Å². The first-order chi connectivity index (χ1) is 11.2. The Labute approximate surface area is 161 Å². The van der Waals surface area contributed by atoms with Crippen molar-refractivity contribution in [2.24, 2.45) is 16.8 Å². The number of nitrogens with one attached hydrogen (secondary N) is 1. The van der Waals surface area contributed by atoms with Gasteiger partial charge in [-0.05, 0) is 30.4 Å². The Bertz CT molecular complexity index is 638. The molecule has 132 valence electrons. The SMILES string of the molecule is CN=C(NCCc1cn2ccccc2n1)N1CC(C)CC(C)C1.I. The molecule has 0 aliphatic carbocycles. The van der Waals surface area contributed by atoms with E-state index in [9.17, 15) is 0 Å². The molecule has 0 spiro atoms. The van der Waals surface area contributed by atoms with Crippen LogP contribution in [0.2, 0.25) is 0 Å². The minimum absolute atomic E-state index is 0. The maximum atomic E-state index is 4.64. The van der Waals surface area contributed by atoms with Crippen LogP contribution >= 0.6 is 24.0 Å². The first-order valence-corrected chi connectivity index (χ1v) is 8.54. The number of guanidine groups is 1. The average molecular weight is 441 g/mol. The van der Waals surface area contributed by atoms with E-state index < -0.39 is 0 Å². The first kappa shape index (κ1) is 19.0. The van der Waals surface area contributed by atoms with Gasteiger partial charge in [-0.15, -0.1) is 24.0 Å². The van der Waals surface area contributed by atoms with Gasteiger partial charge in [0.2, 0.25) is 0 Å². The topological polar surface area (TPSA) is 44.9 Å². The van der Waals surface area contributed by atoms with E-state index in [0.717, 1.165) is 55.2 Å². The molecule has 0 amide bonds. The van der Waals surface area contributed by atoms with Gasteiger partial charge in [0, 0.05) is 45.5 Å². The number of halogens is 1. The molecule has 0 radical (unpaired) electrons. The third-order valence-corrected chi connectivity index (χ3v) is 4.46. The molecule has 0 bridgehead atoms. The number of rotatable bonds is 3. The number of pyridine rings is 1. The van der Waals surface area contributed by atoms with Gasteiger partial charge in [-0.25, -0.2) is 4.98 Å². The molecule has 3 heterocycles. The fraction of sp³-hybridized carbons (Fsp3) is 0.556. The van der Waals surface area contributed by atoms with E-state index in [2.05, 4.69) is 44.6 Å². The fourth-order valence-corrected chi connectivity index (χ4v) is 3.58. The number of hydrogen-bond donors (Lipinski definition) is 1. The van der Waals surface area contributed by atoms with E-state index in [1.807, 2.05) is 31.4 Å². The molecule has 3 rings (SSSR count). The lowest BCUT2D eigenvalue weighted by Gasteiger charge is -2.37. The smallest absolute Gasteiger partial charge is 0.193 e. The van der Waals surface area contributed by atoms with Gasteiger partial charge in [-0.3, -0.25) is 4.99 Å². The number of piperidine rings is 1. The molecule has 6 heteroatoms. The zero-order valence-electron chi connectivity index (χ0n) is 14.8. The van der Waals surface area contributed by atoms with Crippen molar-refractivity contribution < 1.29 is 0 Å². The van der Waals surface area contributed by atoms with Crippen LogP contribution in [-0.4, -0.2) is 46.9 Å². The van der Waals surface area contributed by atoms with Crippen molar-refractivity contribution in [3.63, 3.8) is 0 Å². The highest BCUT2D eigenvalue weighted by Crippen LogP contribution is 2.20. The third-order valence-electron chi connectivity index (χ3n) is 4.46. The van der Waals surface area contributed by atoms with Crippen molar-refractivity contribution in [3.05, 3.63) is 36.3 Å². The molecule has 1 fully saturated rings. The summed E-state index contributed by atoms with van der Waals surface area (Å²) >= 11 is 0. The van der Waals surface area contributed by atoms with E-state index in [1.54, 1.807) is 0 Å². The van der Waals surface area contributed by atoms with Crippen molar-refractivity contribution in [2.45, 2.75) is 26.7 Å². The zero-order valence-corrected chi connectivity index (χ0v) is 17.1. The molecular formula is C18H28IN5. The second kappa shape index (κ2) is 8.69. The summed E-state index contributed by atoms with van der Waals surface area (Å²) < 4.78 is 2.07. The predicted octanol–water partition coefficient (Wildman–Crippen LogP) is 3.05. The van der Waals surface area contributed by atoms with Crippen LogP contribution in [0.4, 0.5) is 0 Å². The Balaban J connectivity index is 0.00000208. The summed E-state index contributed by atoms with van der Waals surface area (Å²) in [5.41, 5.74) is 2.12. The standard InChI is InChI=1S/C18H27N5.HI/c1-14-10-15(2)12-23(11-14)18(19-3)20-8-7-16-13-22-9-5-4-6-17(22)21-16;/h4-6,9,13-15H,7-8,10-12H2,1-3H3,(H,19,20);1H. The van der Waals surface area contributed by atoms with Crippen LogP contribution in [0, 0.1) is 11.8 Å². The minimum atomic E-state index is 0. The second-order valence-corrected chi connectivity index (χ2v) is 6.77. The molecule has 1 aliphatic rings. The molecule has 2 aromatic heterocycles. The van der Waals surface area contributed by atoms with Gasteiger partial charge in [-0.1, -0.05) is 19.9 Å². The number of aromatic nitrogens is 2. The summed E-state index contributed by atoms with van der Waals surface area (Å²) in [6.07, 6.45) is 6.36. The molecule has 2 atom stereocenters. The van der Waals surface area contributed by atoms with Crippen LogP contribution in [0.15, 0.2) is 35.6 Å². The molecular weight excluding hydrogens is 413 g/mol. The molecule has 2 aromatic rings. The highest BCUT2D eigenvalue weighted by molar-refractivity contribution is 14.0. The molecule has 1 saturated heterocycles. The van der Waals surface area contributed by atoms with Crippen LogP contribution in [-0.2, 0) is 6.42 Å². The van der Waals surface area contributed by atoms with Crippen LogP contribution in [0.5, 0.6) is 0 Å². The molecule has 24 heavy (non-hydrogen) atoms. The minimum Gasteiger partial charge on any atom is -0.356 e. The lowest BCUT2D eigenvalue weighted by molar-refractivity contribution is 0.208. The first-order valence-electron chi connectivity index (χ1n) is 8.54. The van der Waals surface area contributed by atoms with E-state index in [4.69, 9.17) is 0 Å². The number of fused-ring (bicyclic) bond motifs is 1. The van der Waals surface area contributed by atoms with Crippen molar-refractivity contribution in [1.29, 1.82) is 0 Å². The van der Waals surface area contributed by atoms with Crippen LogP contribution < -0.4 is 5.32 Å². The monoisotopic (exact) mass is 441 g/mol. The number of hydrogen-bond acceptors (Lipinski definition) is 2. The Morgan fingerprint density at radius 2 is 2.04 bits per heavy atom. The van der Waals surface area contributed by atoms with Crippen molar-refractivity contribution >= 4 is 35.6 Å². The highest BCUT2D eigenvalue weighted by Gasteiger charge is 2.23. The van der Waals surface area contributed by atoms with Crippen molar-refractivity contribution in [3.8, 4) is 0 Å².